The van der Waals surface area contributed by atoms with Gasteiger partial charge in [0.25, 0.3) is 5.91 Å². The summed E-state index contributed by atoms with van der Waals surface area (Å²) in [5.41, 5.74) is 0.847. The van der Waals surface area contributed by atoms with Crippen LogP contribution in [0.3, 0.4) is 0 Å². The number of nitrogens with zero attached hydrogens (tertiary/aromatic N) is 2. The lowest BCUT2D eigenvalue weighted by Crippen LogP contribution is -2.47. The van der Waals surface area contributed by atoms with Crippen LogP contribution in [0.2, 0.25) is 0 Å². The molecule has 2 amide bonds. The minimum atomic E-state index is -3.42. The first kappa shape index (κ1) is 33.3. The summed E-state index contributed by atoms with van der Waals surface area (Å²) in [6, 6.07) is 4.67. The van der Waals surface area contributed by atoms with E-state index in [2.05, 4.69) is 5.32 Å². The van der Waals surface area contributed by atoms with Gasteiger partial charge in [-0.3, -0.25) is 9.59 Å². The quantitative estimate of drug-likeness (QED) is 0.490. The number of likely N-dealkylation sites (N-methyl/N-ethyl adjacent to an activating group) is 1. The van der Waals surface area contributed by atoms with E-state index in [4.69, 9.17) is 9.47 Å². The zero-order chi connectivity index (χ0) is 30.2. The summed E-state index contributed by atoms with van der Waals surface area (Å²) in [6.45, 7) is 6.25. The summed E-state index contributed by atoms with van der Waals surface area (Å²) in [5, 5.41) is 13.1. The zero-order valence-electron chi connectivity index (χ0n) is 25.3. The van der Waals surface area contributed by atoms with Gasteiger partial charge in [-0.05, 0) is 64.2 Å². The number of fused-ring (bicyclic) bond motifs is 1. The summed E-state index contributed by atoms with van der Waals surface area (Å²) >= 11 is 0. The van der Waals surface area contributed by atoms with E-state index in [1.807, 2.05) is 13.8 Å². The molecular weight excluding hydrogens is 546 g/mol. The molecule has 0 bridgehead atoms. The van der Waals surface area contributed by atoms with Crippen LogP contribution in [0.5, 0.6) is 5.75 Å². The van der Waals surface area contributed by atoms with Crippen LogP contribution in [0.25, 0.3) is 0 Å². The molecular formula is C30H49N3O7S. The van der Waals surface area contributed by atoms with Gasteiger partial charge in [-0.2, -0.15) is 0 Å². The zero-order valence-corrected chi connectivity index (χ0v) is 26.1. The van der Waals surface area contributed by atoms with Crippen molar-refractivity contribution < 1.29 is 32.6 Å². The molecule has 0 aromatic heterocycles. The third kappa shape index (κ3) is 9.66. The van der Waals surface area contributed by atoms with E-state index in [-0.39, 0.29) is 49.5 Å². The smallest absolute Gasteiger partial charge is 0.258 e. The average Bonchev–Trinajstić information content (AvgIpc) is 2.94. The van der Waals surface area contributed by atoms with E-state index in [0.717, 1.165) is 57.6 Å². The lowest BCUT2D eigenvalue weighted by molar-refractivity contribution is -0.120. The fourth-order valence-corrected chi connectivity index (χ4v) is 5.88. The predicted molar refractivity (Wildman–Crippen MR) is 160 cm³/mol. The number of carbonyl (C=O) groups is 2. The highest BCUT2D eigenvalue weighted by atomic mass is 32.2. The van der Waals surface area contributed by atoms with Crippen LogP contribution in [0.15, 0.2) is 18.2 Å². The van der Waals surface area contributed by atoms with Crippen LogP contribution >= 0.6 is 0 Å². The minimum Gasteiger partial charge on any atom is -0.490 e. The van der Waals surface area contributed by atoms with Gasteiger partial charge in [0.1, 0.15) is 5.75 Å². The van der Waals surface area contributed by atoms with Crippen molar-refractivity contribution in [3.8, 4) is 5.75 Å². The maximum atomic E-state index is 14.2. The maximum absolute atomic E-state index is 14.2. The number of carbonyl (C=O) groups excluding carboxylic acids is 2. The van der Waals surface area contributed by atoms with Crippen LogP contribution in [0.1, 0.15) is 82.5 Å². The highest BCUT2D eigenvalue weighted by Gasteiger charge is 2.31. The second kappa shape index (κ2) is 15.3. The van der Waals surface area contributed by atoms with Crippen LogP contribution in [-0.2, 0) is 19.6 Å². The molecule has 41 heavy (non-hydrogen) atoms. The van der Waals surface area contributed by atoms with E-state index < -0.39 is 22.2 Å². The third-order valence-electron chi connectivity index (χ3n) is 8.30. The Morgan fingerprint density at radius 1 is 1.15 bits per heavy atom. The number of hydrogen-bond donors (Lipinski definition) is 2. The molecule has 2 aliphatic rings. The Balaban J connectivity index is 1.95. The molecule has 232 valence electrons. The van der Waals surface area contributed by atoms with Gasteiger partial charge in [-0.1, -0.05) is 26.2 Å². The number of amides is 2. The van der Waals surface area contributed by atoms with E-state index >= 15 is 0 Å². The molecule has 11 heteroatoms. The molecule has 1 fully saturated rings. The minimum absolute atomic E-state index is 0.0295. The number of sulfonamides is 1. The monoisotopic (exact) mass is 595 g/mol. The Hall–Kier alpha value is -2.21. The predicted octanol–water partition coefficient (Wildman–Crippen LogP) is 3.89. The Morgan fingerprint density at radius 3 is 2.49 bits per heavy atom. The first-order valence-electron chi connectivity index (χ1n) is 15.0. The lowest BCUT2D eigenvalue weighted by atomic mass is 9.88. The van der Waals surface area contributed by atoms with Crippen molar-refractivity contribution in [3.05, 3.63) is 23.8 Å². The number of nitrogens with one attached hydrogen (secondary N) is 1. The van der Waals surface area contributed by atoms with Crippen molar-refractivity contribution in [3.63, 3.8) is 0 Å². The number of ether oxygens (including phenoxy) is 2. The number of rotatable bonds is 7. The van der Waals surface area contributed by atoms with Crippen molar-refractivity contribution in [1.29, 1.82) is 0 Å². The fraction of sp³-hybridized carbons (Fsp3) is 0.733. The van der Waals surface area contributed by atoms with Crippen molar-refractivity contribution in [2.45, 2.75) is 90.4 Å². The van der Waals surface area contributed by atoms with Crippen LogP contribution < -0.4 is 10.1 Å². The van der Waals surface area contributed by atoms with Crippen molar-refractivity contribution in [1.82, 2.24) is 9.21 Å². The molecule has 0 unspecified atom stereocenters. The Morgan fingerprint density at radius 2 is 1.83 bits per heavy atom. The number of benzene rings is 1. The summed E-state index contributed by atoms with van der Waals surface area (Å²) in [5.74, 6) is -0.198. The third-order valence-corrected chi connectivity index (χ3v) is 9.58. The molecule has 1 aliphatic heterocycles. The molecule has 1 aliphatic carbocycles. The molecule has 10 nitrogen and oxygen atoms in total. The summed E-state index contributed by atoms with van der Waals surface area (Å²) < 4.78 is 38.0. The largest absolute Gasteiger partial charge is 0.490 e. The van der Waals surface area contributed by atoms with E-state index in [9.17, 15) is 23.1 Å². The second-order valence-corrected chi connectivity index (χ2v) is 14.0. The molecule has 1 aromatic rings. The van der Waals surface area contributed by atoms with Gasteiger partial charge < -0.3 is 24.8 Å². The number of aliphatic hydroxyl groups is 1. The van der Waals surface area contributed by atoms with Crippen molar-refractivity contribution in [2.75, 3.05) is 44.9 Å². The SMILES string of the molecule is C[C@@H]1CN([C@H](C)CO)C(=O)c2cc(NC(=O)C3CCCCC3)ccc2O[C@@H](C)CCCCO[C@@H]1CN(C)S(C)(=O)=O. The molecule has 0 radical (unpaired) electrons. The lowest BCUT2D eigenvalue weighted by Gasteiger charge is -2.35. The van der Waals surface area contributed by atoms with Gasteiger partial charge >= 0.3 is 0 Å². The van der Waals surface area contributed by atoms with Gasteiger partial charge in [0.05, 0.1) is 36.7 Å². The van der Waals surface area contributed by atoms with Crippen LogP contribution in [-0.4, -0.2) is 92.4 Å². The summed E-state index contributed by atoms with van der Waals surface area (Å²) in [4.78, 5) is 28.7. The van der Waals surface area contributed by atoms with Crippen LogP contribution in [0, 0.1) is 11.8 Å². The Kier molecular flexibility index (Phi) is 12.4. The molecule has 1 heterocycles. The first-order chi connectivity index (χ1) is 19.4. The van der Waals surface area contributed by atoms with E-state index in [0.29, 0.717) is 23.6 Å². The Bertz CT molecular complexity index is 1120. The molecule has 0 spiro atoms. The van der Waals surface area contributed by atoms with E-state index in [1.165, 1.54) is 11.4 Å². The van der Waals surface area contributed by atoms with Gasteiger partial charge in [-0.15, -0.1) is 0 Å². The standard InChI is InChI=1S/C30H49N3O7S/c1-21-18-33(22(2)20-34)30(36)26-17-25(31-29(35)24-12-7-6-8-13-24)14-15-27(26)40-23(3)11-9-10-16-39-28(21)19-32(4)41(5,37)38/h14-15,17,21-24,28,34H,6-13,16,18-20H2,1-5H3,(H,31,35)/t21-,22-,23+,28-/m1/s1. The highest BCUT2D eigenvalue weighted by Crippen LogP contribution is 2.30. The van der Waals surface area contributed by atoms with Gasteiger partial charge in [0, 0.05) is 44.3 Å². The molecule has 1 saturated carbocycles. The van der Waals surface area contributed by atoms with Crippen molar-refractivity contribution in [2.24, 2.45) is 11.8 Å². The molecule has 1 aromatic carbocycles. The molecule has 0 saturated heterocycles. The normalized spacial score (nSPS) is 24.7. The summed E-state index contributed by atoms with van der Waals surface area (Å²) in [7, 11) is -1.90. The molecule has 3 rings (SSSR count). The number of aliphatic hydroxyl groups excluding tert-OH is 1. The molecule has 2 N–H and O–H groups in total. The van der Waals surface area contributed by atoms with Crippen molar-refractivity contribution >= 4 is 27.5 Å². The van der Waals surface area contributed by atoms with E-state index in [1.54, 1.807) is 30.0 Å². The Labute approximate surface area is 245 Å². The first-order valence-corrected chi connectivity index (χ1v) is 16.8. The maximum Gasteiger partial charge on any atom is 0.258 e. The highest BCUT2D eigenvalue weighted by molar-refractivity contribution is 7.88. The van der Waals surface area contributed by atoms with Crippen LogP contribution in [0.4, 0.5) is 5.69 Å². The molecule has 4 atom stereocenters. The number of anilines is 1. The number of hydrogen-bond acceptors (Lipinski definition) is 7. The topological polar surface area (TPSA) is 125 Å². The fourth-order valence-electron chi connectivity index (χ4n) is 5.46. The average molecular weight is 596 g/mol. The summed E-state index contributed by atoms with van der Waals surface area (Å²) in [6.07, 6.45) is 7.90. The van der Waals surface area contributed by atoms with Gasteiger partial charge in [0.2, 0.25) is 15.9 Å². The van der Waals surface area contributed by atoms with Gasteiger partial charge in [-0.25, -0.2) is 12.7 Å². The van der Waals surface area contributed by atoms with Gasteiger partial charge in [0.15, 0.2) is 0 Å². The second-order valence-electron chi connectivity index (χ2n) is 11.9.